The highest BCUT2D eigenvalue weighted by atomic mass is 19.4. The molecule has 3 aromatic rings. The van der Waals surface area contributed by atoms with Crippen molar-refractivity contribution in [1.29, 1.82) is 0 Å². The third-order valence-electron chi connectivity index (χ3n) is 5.91. The first-order valence-corrected chi connectivity index (χ1v) is 11.6. The number of nitrogens with one attached hydrogen (secondary N) is 2. The molecule has 1 amide bonds. The van der Waals surface area contributed by atoms with Crippen LogP contribution in [0.4, 0.5) is 24.5 Å². The van der Waals surface area contributed by atoms with Gasteiger partial charge in [-0.05, 0) is 49.2 Å². The average Bonchev–Trinajstić information content (AvgIpc) is 3.37. The lowest BCUT2D eigenvalue weighted by atomic mass is 10.1. The highest BCUT2D eigenvalue weighted by Gasteiger charge is 2.33. The van der Waals surface area contributed by atoms with Crippen molar-refractivity contribution in [3.8, 4) is 17.0 Å². The van der Waals surface area contributed by atoms with Crippen molar-refractivity contribution >= 4 is 17.3 Å². The smallest absolute Gasteiger partial charge is 0.404 e. The normalized spacial score (nSPS) is 14.7. The minimum Gasteiger partial charge on any atom is -0.404 e. The van der Waals surface area contributed by atoms with E-state index < -0.39 is 6.36 Å². The lowest BCUT2D eigenvalue weighted by Crippen LogP contribution is -2.46. The highest BCUT2D eigenvalue weighted by Crippen LogP contribution is 2.33. The van der Waals surface area contributed by atoms with Crippen LogP contribution < -0.4 is 15.0 Å². The molecule has 1 saturated heterocycles. The van der Waals surface area contributed by atoms with Gasteiger partial charge < -0.3 is 19.9 Å². The van der Waals surface area contributed by atoms with E-state index in [-0.39, 0.29) is 11.7 Å². The Balaban J connectivity index is 1.15. The molecule has 0 atom stereocenters. The number of aromatic nitrogens is 2. The molecule has 7 nitrogen and oxygen atoms in total. The van der Waals surface area contributed by atoms with Gasteiger partial charge in [0.1, 0.15) is 0 Å². The number of halogens is 3. The fourth-order valence-corrected chi connectivity index (χ4v) is 4.13. The molecular weight excluding hydrogens is 459 g/mol. The van der Waals surface area contributed by atoms with Crippen molar-refractivity contribution in [2.75, 3.05) is 42.9 Å². The molecule has 4 rings (SSSR count). The third kappa shape index (κ3) is 7.22. The van der Waals surface area contributed by atoms with Gasteiger partial charge in [0.15, 0.2) is 5.75 Å². The summed E-state index contributed by atoms with van der Waals surface area (Å²) in [6.45, 7) is 3.58. The van der Waals surface area contributed by atoms with Gasteiger partial charge in [0.05, 0.1) is 23.9 Å². The minimum absolute atomic E-state index is 0.0228. The van der Waals surface area contributed by atoms with E-state index in [1.165, 1.54) is 12.1 Å². The molecule has 2 N–H and O–H groups in total. The monoisotopic (exact) mass is 487 g/mol. The number of imidazole rings is 1. The lowest BCUT2D eigenvalue weighted by molar-refractivity contribution is -0.274. The molecule has 10 heteroatoms. The summed E-state index contributed by atoms with van der Waals surface area (Å²) >= 11 is 0. The largest absolute Gasteiger partial charge is 0.573 e. The summed E-state index contributed by atoms with van der Waals surface area (Å²) in [5.74, 6) is -0.194. The Bertz CT molecular complexity index is 1080. The molecule has 0 saturated carbocycles. The molecular formula is C25H28F3N5O2. The molecule has 0 radical (unpaired) electrons. The zero-order valence-electron chi connectivity index (χ0n) is 19.2. The van der Waals surface area contributed by atoms with Crippen molar-refractivity contribution in [2.24, 2.45) is 0 Å². The fourth-order valence-electron chi connectivity index (χ4n) is 4.13. The van der Waals surface area contributed by atoms with Gasteiger partial charge in [0, 0.05) is 38.3 Å². The predicted octanol–water partition coefficient (Wildman–Crippen LogP) is 4.91. The Kier molecular flexibility index (Phi) is 7.91. The van der Waals surface area contributed by atoms with Crippen molar-refractivity contribution in [3.05, 3.63) is 61.1 Å². The van der Waals surface area contributed by atoms with E-state index in [1.807, 2.05) is 29.2 Å². The first-order valence-electron chi connectivity index (χ1n) is 11.6. The Morgan fingerprint density at radius 3 is 2.46 bits per heavy atom. The number of alkyl halides is 3. The van der Waals surface area contributed by atoms with Crippen LogP contribution in [0.25, 0.3) is 11.3 Å². The van der Waals surface area contributed by atoms with Gasteiger partial charge in [-0.1, -0.05) is 24.3 Å². The molecule has 1 aromatic heterocycles. The zero-order chi connectivity index (χ0) is 24.7. The molecule has 0 aliphatic carbocycles. The zero-order valence-corrected chi connectivity index (χ0v) is 19.2. The first kappa shape index (κ1) is 24.6. The molecule has 2 heterocycles. The molecule has 2 aromatic carbocycles. The maximum absolute atomic E-state index is 12.7. The number of aromatic amines is 1. The van der Waals surface area contributed by atoms with Gasteiger partial charge >= 0.3 is 6.36 Å². The second-order valence-electron chi connectivity index (χ2n) is 8.39. The predicted molar refractivity (Wildman–Crippen MR) is 128 cm³/mol. The number of anilines is 2. The number of para-hydroxylation sites is 2. The van der Waals surface area contributed by atoms with Crippen LogP contribution in [0.5, 0.6) is 5.75 Å². The number of piperazine rings is 1. The number of carbonyl (C=O) groups is 1. The number of amides is 1. The number of hydrogen-bond donors (Lipinski definition) is 2. The molecule has 0 spiro atoms. The number of benzene rings is 2. The fraction of sp³-hybridized carbons (Fsp3) is 0.360. The number of unbranched alkanes of at least 4 members (excludes halogenated alkanes) is 1. The molecule has 0 unspecified atom stereocenters. The van der Waals surface area contributed by atoms with Crippen LogP contribution in [0.15, 0.2) is 61.1 Å². The van der Waals surface area contributed by atoms with Gasteiger partial charge in [-0.3, -0.25) is 9.69 Å². The lowest BCUT2D eigenvalue weighted by Gasteiger charge is -2.36. The number of rotatable bonds is 9. The molecule has 186 valence electrons. The van der Waals surface area contributed by atoms with E-state index in [0.29, 0.717) is 25.2 Å². The quantitative estimate of drug-likeness (QED) is 0.420. The van der Waals surface area contributed by atoms with Crippen LogP contribution in [0, 0.1) is 0 Å². The van der Waals surface area contributed by atoms with Crippen LogP contribution >= 0.6 is 0 Å². The van der Waals surface area contributed by atoms with E-state index in [2.05, 4.69) is 24.9 Å². The third-order valence-corrected chi connectivity index (χ3v) is 5.91. The summed E-state index contributed by atoms with van der Waals surface area (Å²) in [5, 5.41) is 2.92. The van der Waals surface area contributed by atoms with Crippen molar-refractivity contribution in [1.82, 2.24) is 14.9 Å². The van der Waals surface area contributed by atoms with Gasteiger partial charge in [-0.2, -0.15) is 0 Å². The molecule has 35 heavy (non-hydrogen) atoms. The Labute approximate surface area is 201 Å². The Morgan fingerprint density at radius 1 is 1.03 bits per heavy atom. The van der Waals surface area contributed by atoms with Crippen LogP contribution in [-0.2, 0) is 4.79 Å². The van der Waals surface area contributed by atoms with Crippen LogP contribution in [-0.4, -0.2) is 59.9 Å². The maximum Gasteiger partial charge on any atom is 0.573 e. The number of hydrogen-bond acceptors (Lipinski definition) is 5. The SMILES string of the molecule is O=C(CCCCN1CCN(c2ccccc2OC(F)(F)F)CC1)Nc1ccc(-c2cnc[nH]2)cc1. The van der Waals surface area contributed by atoms with Gasteiger partial charge in [0.25, 0.3) is 0 Å². The molecule has 1 aliphatic heterocycles. The summed E-state index contributed by atoms with van der Waals surface area (Å²) in [4.78, 5) is 23.5. The van der Waals surface area contributed by atoms with Crippen molar-refractivity contribution in [2.45, 2.75) is 25.6 Å². The van der Waals surface area contributed by atoms with Gasteiger partial charge in [0.2, 0.25) is 5.91 Å². The Morgan fingerprint density at radius 2 is 1.77 bits per heavy atom. The summed E-state index contributed by atoms with van der Waals surface area (Å²) in [7, 11) is 0. The van der Waals surface area contributed by atoms with E-state index in [0.717, 1.165) is 49.4 Å². The molecule has 1 fully saturated rings. The van der Waals surface area contributed by atoms with E-state index in [9.17, 15) is 18.0 Å². The number of nitrogens with zero attached hydrogens (tertiary/aromatic N) is 3. The number of H-pyrrole nitrogens is 1. The van der Waals surface area contributed by atoms with E-state index in [4.69, 9.17) is 0 Å². The highest BCUT2D eigenvalue weighted by molar-refractivity contribution is 5.90. The van der Waals surface area contributed by atoms with Crippen LogP contribution in [0.1, 0.15) is 19.3 Å². The van der Waals surface area contributed by atoms with Crippen LogP contribution in [0.3, 0.4) is 0 Å². The maximum atomic E-state index is 12.7. The van der Waals surface area contributed by atoms with Crippen molar-refractivity contribution < 1.29 is 22.7 Å². The summed E-state index contributed by atoms with van der Waals surface area (Å²) in [6.07, 6.45) is 0.727. The molecule has 1 aliphatic rings. The van der Waals surface area contributed by atoms with Crippen molar-refractivity contribution in [3.63, 3.8) is 0 Å². The summed E-state index contributed by atoms with van der Waals surface area (Å²) < 4.78 is 42.3. The van der Waals surface area contributed by atoms with Gasteiger partial charge in [-0.25, -0.2) is 4.98 Å². The first-order chi connectivity index (χ1) is 16.9. The number of ether oxygens (including phenoxy) is 1. The topological polar surface area (TPSA) is 73.5 Å². The number of carbonyl (C=O) groups excluding carboxylic acids is 1. The summed E-state index contributed by atoms with van der Waals surface area (Å²) in [6, 6.07) is 13.8. The average molecular weight is 488 g/mol. The minimum atomic E-state index is -4.71. The van der Waals surface area contributed by atoms with Gasteiger partial charge in [-0.15, -0.1) is 13.2 Å². The van der Waals surface area contributed by atoms with E-state index in [1.54, 1.807) is 24.7 Å². The molecule has 0 bridgehead atoms. The van der Waals surface area contributed by atoms with E-state index >= 15 is 0 Å². The second-order valence-corrected chi connectivity index (χ2v) is 8.39. The Hall–Kier alpha value is -3.53. The standard InChI is InChI=1S/C25H28F3N5O2/c26-25(27,28)35-23-6-2-1-5-22(23)33-15-13-32(14-16-33)12-4-3-7-24(34)31-20-10-8-19(9-11-20)21-17-29-18-30-21/h1-2,5-6,8-11,17-18H,3-4,7,12-16H2,(H,29,30)(H,31,34). The van der Waals surface area contributed by atoms with Crippen LogP contribution in [0.2, 0.25) is 0 Å². The second kappa shape index (κ2) is 11.3. The summed E-state index contributed by atoms with van der Waals surface area (Å²) in [5.41, 5.74) is 3.13.